The number of rotatable bonds is 7. The molecule has 10 heteroatoms. The van der Waals surface area contributed by atoms with E-state index in [1.54, 1.807) is 38.2 Å². The molecule has 1 saturated heterocycles. The molecule has 0 N–H and O–H groups in total. The van der Waals surface area contributed by atoms with E-state index >= 15 is 0 Å². The van der Waals surface area contributed by atoms with Gasteiger partial charge in [0, 0.05) is 17.6 Å². The maximum atomic E-state index is 12.9. The molecule has 0 spiro atoms. The van der Waals surface area contributed by atoms with E-state index in [0.717, 1.165) is 20.1 Å². The highest BCUT2D eigenvalue weighted by molar-refractivity contribution is 9.11. The lowest BCUT2D eigenvalue weighted by Crippen LogP contribution is -2.23. The third kappa shape index (κ3) is 6.65. The van der Waals surface area contributed by atoms with E-state index < -0.39 is 0 Å². The monoisotopic (exact) mass is 662 g/mol. The van der Waals surface area contributed by atoms with E-state index in [9.17, 15) is 9.59 Å². The van der Waals surface area contributed by atoms with Gasteiger partial charge in [-0.3, -0.25) is 9.69 Å². The van der Waals surface area contributed by atoms with Crippen molar-refractivity contribution in [1.82, 2.24) is 4.90 Å². The van der Waals surface area contributed by atoms with Crippen LogP contribution in [0.5, 0.6) is 5.75 Å². The number of carbonyl (C=O) groups is 2. The number of thioether (sulfide) groups is 1. The first kappa shape index (κ1) is 27.4. The Morgan fingerprint density at radius 1 is 1.11 bits per heavy atom. The Kier molecular flexibility index (Phi) is 9.13. The normalized spacial score (nSPS) is 15.5. The Morgan fingerprint density at radius 3 is 2.43 bits per heavy atom. The summed E-state index contributed by atoms with van der Waals surface area (Å²) in [5.74, 6) is 0.100. The Balaban J connectivity index is 1.50. The fraction of sp³-hybridized carbons (Fsp3) is 0.148. The Bertz CT molecular complexity index is 1390. The molecular weight excluding hydrogens is 644 g/mol. The number of esters is 1. The van der Waals surface area contributed by atoms with Gasteiger partial charge in [-0.25, -0.2) is 9.79 Å². The molecule has 1 aliphatic rings. The van der Waals surface area contributed by atoms with Crippen LogP contribution >= 0.6 is 55.2 Å². The third-order valence-electron chi connectivity index (χ3n) is 5.25. The molecule has 3 aromatic rings. The highest BCUT2D eigenvalue weighted by atomic mass is 79.9. The summed E-state index contributed by atoms with van der Waals surface area (Å²) in [6, 6.07) is 18.0. The quantitative estimate of drug-likeness (QED) is 0.190. The molecule has 0 radical (unpaired) electrons. The minimum Gasteiger partial charge on any atom is -0.486 e. The van der Waals surface area contributed by atoms with Crippen molar-refractivity contribution < 1.29 is 19.1 Å². The van der Waals surface area contributed by atoms with E-state index in [2.05, 4.69) is 36.9 Å². The molecular formula is C27H21Br2ClN2O4S. The van der Waals surface area contributed by atoms with Gasteiger partial charge < -0.3 is 9.47 Å². The van der Waals surface area contributed by atoms with Crippen molar-refractivity contribution in [2.75, 3.05) is 13.7 Å². The number of carbonyl (C=O) groups excluding carboxylic acids is 2. The summed E-state index contributed by atoms with van der Waals surface area (Å²) >= 11 is 14.7. The lowest BCUT2D eigenvalue weighted by atomic mass is 10.2. The zero-order chi connectivity index (χ0) is 26.5. The van der Waals surface area contributed by atoms with Crippen molar-refractivity contribution in [3.05, 3.63) is 96.2 Å². The summed E-state index contributed by atoms with van der Waals surface area (Å²) in [6.07, 6.45) is 1.81. The van der Waals surface area contributed by atoms with Gasteiger partial charge in [-0.15, -0.1) is 0 Å². The van der Waals surface area contributed by atoms with Crippen molar-refractivity contribution in [3.8, 4) is 5.75 Å². The number of halogens is 3. The average molecular weight is 665 g/mol. The minimum absolute atomic E-state index is 0.154. The zero-order valence-corrected chi connectivity index (χ0v) is 24.6. The van der Waals surface area contributed by atoms with Crippen LogP contribution in [0.2, 0.25) is 5.02 Å². The van der Waals surface area contributed by atoms with Crippen LogP contribution in [0.4, 0.5) is 5.69 Å². The summed E-state index contributed by atoms with van der Waals surface area (Å²) in [6.45, 7) is 2.39. The van der Waals surface area contributed by atoms with Crippen LogP contribution in [0.15, 0.2) is 79.5 Å². The van der Waals surface area contributed by atoms with Gasteiger partial charge in [-0.2, -0.15) is 0 Å². The Morgan fingerprint density at radius 2 is 1.78 bits per heavy atom. The topological polar surface area (TPSA) is 68.2 Å². The van der Waals surface area contributed by atoms with Gasteiger partial charge in [0.15, 0.2) is 5.17 Å². The lowest BCUT2D eigenvalue weighted by molar-refractivity contribution is -0.121. The fourth-order valence-corrected chi connectivity index (χ4v) is 5.99. The number of hydrogen-bond acceptors (Lipinski definition) is 6. The maximum Gasteiger partial charge on any atom is 0.338 e. The fourth-order valence-electron chi connectivity index (χ4n) is 3.37. The number of amides is 1. The third-order valence-corrected chi connectivity index (χ3v) is 7.86. The summed E-state index contributed by atoms with van der Waals surface area (Å²) in [5, 5.41) is 1.18. The van der Waals surface area contributed by atoms with Crippen LogP contribution in [0.1, 0.15) is 28.4 Å². The molecule has 0 bridgehead atoms. The summed E-state index contributed by atoms with van der Waals surface area (Å²) in [7, 11) is 1.68. The molecule has 4 rings (SSSR count). The number of likely N-dealkylation sites (N-methyl/N-ethyl adjacent to an activating group) is 1. The van der Waals surface area contributed by atoms with Crippen LogP contribution in [0.3, 0.4) is 0 Å². The van der Waals surface area contributed by atoms with E-state index in [0.29, 0.717) is 45.3 Å². The first-order valence-corrected chi connectivity index (χ1v) is 13.9. The number of ether oxygens (including phenoxy) is 2. The highest BCUT2D eigenvalue weighted by Crippen LogP contribution is 2.38. The number of nitrogens with zero attached hydrogens (tertiary/aromatic N) is 2. The van der Waals surface area contributed by atoms with Gasteiger partial charge in [0.2, 0.25) is 0 Å². The Hall–Kier alpha value is -2.59. The lowest BCUT2D eigenvalue weighted by Gasteiger charge is -2.12. The van der Waals surface area contributed by atoms with E-state index in [-0.39, 0.29) is 11.9 Å². The minimum atomic E-state index is -0.382. The van der Waals surface area contributed by atoms with Crippen LogP contribution in [0.25, 0.3) is 6.08 Å². The second-order valence-electron chi connectivity index (χ2n) is 7.83. The molecule has 1 heterocycles. The van der Waals surface area contributed by atoms with Gasteiger partial charge in [0.25, 0.3) is 5.91 Å². The molecule has 0 saturated carbocycles. The van der Waals surface area contributed by atoms with E-state index in [4.69, 9.17) is 21.1 Å². The summed E-state index contributed by atoms with van der Waals surface area (Å²) < 4.78 is 12.5. The van der Waals surface area contributed by atoms with E-state index in [1.165, 1.54) is 16.7 Å². The number of amidine groups is 1. The predicted octanol–water partition coefficient (Wildman–Crippen LogP) is 7.85. The second kappa shape index (κ2) is 12.3. The van der Waals surface area contributed by atoms with Gasteiger partial charge in [-0.1, -0.05) is 29.8 Å². The first-order chi connectivity index (χ1) is 17.8. The molecule has 6 nitrogen and oxygen atoms in total. The standard InChI is InChI=1S/C27H21Br2ClN2O4S/c1-3-35-26(34)17-8-10-19(11-9-17)31-27-32(2)25(33)23(37-27)14-16-12-20(28)24(21(29)13-16)36-15-18-6-4-5-7-22(18)30/h4-14H,3,15H2,1-2H3/b23-14-,31-27?. The van der Waals surface area contributed by atoms with Crippen molar-refractivity contribution >= 4 is 84.0 Å². The van der Waals surface area contributed by atoms with Crippen LogP contribution in [-0.4, -0.2) is 35.6 Å². The smallest absolute Gasteiger partial charge is 0.338 e. The summed E-state index contributed by atoms with van der Waals surface area (Å²) in [5.41, 5.74) is 2.77. The molecule has 1 fully saturated rings. The highest BCUT2D eigenvalue weighted by Gasteiger charge is 2.30. The van der Waals surface area contributed by atoms with Crippen molar-refractivity contribution in [2.24, 2.45) is 4.99 Å². The second-order valence-corrected chi connectivity index (χ2v) is 11.0. The maximum absolute atomic E-state index is 12.9. The number of benzene rings is 3. The zero-order valence-electron chi connectivity index (χ0n) is 19.8. The summed E-state index contributed by atoms with van der Waals surface area (Å²) in [4.78, 5) is 31.4. The molecule has 1 amide bonds. The molecule has 0 aromatic heterocycles. The Labute approximate surface area is 241 Å². The average Bonchev–Trinajstić information content (AvgIpc) is 3.12. The van der Waals surface area contributed by atoms with E-state index in [1.807, 2.05) is 42.5 Å². The van der Waals surface area contributed by atoms with Crippen LogP contribution in [-0.2, 0) is 16.1 Å². The van der Waals surface area contributed by atoms with Crippen LogP contribution in [0, 0.1) is 0 Å². The number of aliphatic imine (C=N–C) groups is 1. The van der Waals surface area contributed by atoms with Gasteiger partial charge in [0.1, 0.15) is 12.4 Å². The SMILES string of the molecule is CCOC(=O)c1ccc(N=C2S/C(=C\c3cc(Br)c(OCc4ccccc4Cl)c(Br)c3)C(=O)N2C)cc1. The van der Waals surface area contributed by atoms with Gasteiger partial charge in [-0.05, 0) is 105 Å². The van der Waals surface area contributed by atoms with Crippen molar-refractivity contribution in [2.45, 2.75) is 13.5 Å². The first-order valence-electron chi connectivity index (χ1n) is 11.2. The molecule has 37 heavy (non-hydrogen) atoms. The number of hydrogen-bond donors (Lipinski definition) is 0. The molecule has 0 unspecified atom stereocenters. The van der Waals surface area contributed by atoms with Gasteiger partial charge >= 0.3 is 5.97 Å². The molecule has 0 aliphatic carbocycles. The van der Waals surface area contributed by atoms with Crippen molar-refractivity contribution in [3.63, 3.8) is 0 Å². The molecule has 0 atom stereocenters. The molecule has 3 aromatic carbocycles. The van der Waals surface area contributed by atoms with Gasteiger partial charge in [0.05, 0.1) is 31.7 Å². The van der Waals surface area contributed by atoms with Crippen LogP contribution < -0.4 is 4.74 Å². The molecule has 190 valence electrons. The largest absolute Gasteiger partial charge is 0.486 e. The predicted molar refractivity (Wildman–Crippen MR) is 155 cm³/mol. The molecule has 1 aliphatic heterocycles. The van der Waals surface area contributed by atoms with Crippen molar-refractivity contribution in [1.29, 1.82) is 0 Å².